The number of allylic oxidation sites excluding steroid dienone is 1. The van der Waals surface area contributed by atoms with Crippen LogP contribution < -0.4 is 10.4 Å². The molecule has 326 valence electrons. The van der Waals surface area contributed by atoms with Gasteiger partial charge in [-0.2, -0.15) is 0 Å². The normalized spacial score (nSPS) is 17.4. The molecule has 2 aliphatic carbocycles. The summed E-state index contributed by atoms with van der Waals surface area (Å²) >= 11 is 0. The maximum atomic E-state index is 7.36. The Bertz CT molecular complexity index is 3890. The molecule has 14 rings (SSSR count). The second-order valence-corrected chi connectivity index (χ2v) is 23.1. The number of hydrogen-bond donors (Lipinski definition) is 0. The van der Waals surface area contributed by atoms with E-state index in [-0.39, 0.29) is 28.5 Å². The van der Waals surface area contributed by atoms with Gasteiger partial charge in [0.05, 0.1) is 11.4 Å². The molecule has 10 aromatic rings. The van der Waals surface area contributed by atoms with Crippen molar-refractivity contribution in [2.45, 2.75) is 96.8 Å². The van der Waals surface area contributed by atoms with Crippen LogP contribution >= 0.6 is 0 Å². The van der Waals surface area contributed by atoms with Crippen molar-refractivity contribution in [2.75, 3.05) is 4.90 Å². The fourth-order valence-electron chi connectivity index (χ4n) is 13.3. The third kappa shape index (κ3) is 5.04. The molecule has 0 atom stereocenters. The number of anilines is 2. The zero-order valence-electron chi connectivity index (χ0n) is 40.2. The minimum atomic E-state index is -0.351. The van der Waals surface area contributed by atoms with Gasteiger partial charge in [0, 0.05) is 65.8 Å². The van der Waals surface area contributed by atoms with Crippen molar-refractivity contribution in [3.63, 3.8) is 0 Å². The van der Waals surface area contributed by atoms with E-state index < -0.39 is 0 Å². The Balaban J connectivity index is 1.23. The van der Waals surface area contributed by atoms with Gasteiger partial charge in [0.2, 0.25) is 0 Å². The lowest BCUT2D eigenvalue weighted by Gasteiger charge is -2.43. The van der Waals surface area contributed by atoms with Gasteiger partial charge in [-0.1, -0.05) is 178 Å². The van der Waals surface area contributed by atoms with E-state index in [9.17, 15) is 0 Å². The van der Waals surface area contributed by atoms with Gasteiger partial charge in [-0.25, -0.2) is 0 Å². The lowest BCUT2D eigenvalue weighted by molar-refractivity contribution is 0.331. The quantitative estimate of drug-likeness (QED) is 0.161. The number of para-hydroxylation sites is 2. The number of nitrogens with zero attached hydrogens (tertiary/aromatic N) is 2. The second-order valence-electron chi connectivity index (χ2n) is 23.1. The standard InChI is InChI=1S/C63H55BN2O/c1-60(2,3)38-27-29-51(44(32-38)36-18-11-10-12-19-36)65-56-47-34-49-50(62(6,7)31-30-61(49,4)5)35-48(47)63(8,9)59(56)64-53-45(33-46-40-22-15-16-25-52(40)67-58(46)57(53)65)42-24-17-23-41-43-28-26-37-20-13-14-21-39(37)54(43)66(64)55(41)42/h10-29,32-35H,30-31H2,1-9H3. The summed E-state index contributed by atoms with van der Waals surface area (Å²) in [6.45, 7) is 21.9. The van der Waals surface area contributed by atoms with Crippen LogP contribution in [0.15, 0.2) is 155 Å². The topological polar surface area (TPSA) is 21.3 Å². The van der Waals surface area contributed by atoms with Crippen LogP contribution in [0.1, 0.15) is 103 Å². The van der Waals surface area contributed by atoms with E-state index in [1.165, 1.54) is 111 Å². The van der Waals surface area contributed by atoms with Crippen LogP contribution in [0.3, 0.4) is 0 Å². The van der Waals surface area contributed by atoms with Crippen LogP contribution in [-0.2, 0) is 21.7 Å². The number of fused-ring (bicyclic) bond motifs is 15. The Hall–Kier alpha value is -6.78. The van der Waals surface area contributed by atoms with Gasteiger partial charge in [0.15, 0.2) is 5.58 Å². The molecule has 67 heavy (non-hydrogen) atoms. The number of benzene rings is 8. The zero-order chi connectivity index (χ0) is 45.7. The van der Waals surface area contributed by atoms with E-state index in [1.54, 1.807) is 0 Å². The zero-order valence-corrected chi connectivity index (χ0v) is 40.2. The lowest BCUT2D eigenvalue weighted by Crippen LogP contribution is -2.52. The van der Waals surface area contributed by atoms with Crippen molar-refractivity contribution in [1.29, 1.82) is 0 Å². The molecule has 3 nitrogen and oxygen atoms in total. The fourth-order valence-corrected chi connectivity index (χ4v) is 13.3. The molecule has 4 heteroatoms. The maximum absolute atomic E-state index is 7.36. The van der Waals surface area contributed by atoms with Crippen LogP contribution in [0.2, 0.25) is 0 Å². The number of furan rings is 1. The van der Waals surface area contributed by atoms with Crippen molar-refractivity contribution in [3.8, 4) is 22.3 Å². The molecule has 0 spiro atoms. The molecule has 0 N–H and O–H groups in total. The summed E-state index contributed by atoms with van der Waals surface area (Å²) in [7, 11) is 0. The van der Waals surface area contributed by atoms with Gasteiger partial charge < -0.3 is 13.8 Å². The van der Waals surface area contributed by atoms with Crippen LogP contribution in [0.4, 0.5) is 11.4 Å². The Morgan fingerprint density at radius 1 is 0.537 bits per heavy atom. The van der Waals surface area contributed by atoms with E-state index in [4.69, 9.17) is 4.42 Å². The van der Waals surface area contributed by atoms with Gasteiger partial charge >= 0.3 is 6.85 Å². The Morgan fingerprint density at radius 2 is 1.22 bits per heavy atom. The number of rotatable bonds is 2. The third-order valence-electron chi connectivity index (χ3n) is 17.0. The first kappa shape index (κ1) is 39.4. The monoisotopic (exact) mass is 866 g/mol. The van der Waals surface area contributed by atoms with Crippen molar-refractivity contribution in [3.05, 3.63) is 179 Å². The highest BCUT2D eigenvalue weighted by molar-refractivity contribution is 6.86. The van der Waals surface area contributed by atoms with E-state index >= 15 is 0 Å². The highest BCUT2D eigenvalue weighted by atomic mass is 16.3. The van der Waals surface area contributed by atoms with E-state index in [1.807, 2.05) is 0 Å². The van der Waals surface area contributed by atoms with Crippen LogP contribution in [0.25, 0.3) is 82.5 Å². The molecule has 2 aliphatic heterocycles. The van der Waals surface area contributed by atoms with Crippen molar-refractivity contribution < 1.29 is 4.42 Å². The maximum Gasteiger partial charge on any atom is 0.329 e. The molecule has 0 fully saturated rings. The third-order valence-corrected chi connectivity index (χ3v) is 17.0. The first-order valence-corrected chi connectivity index (χ1v) is 24.5. The molecule has 4 heterocycles. The molecule has 0 amide bonds. The SMILES string of the molecule is CC(C)(C)c1ccc(N2C3=C(B4c5c(cc6c(oc7ccccc76)c52)-c2cccc5c6ccc7ccccc7c6n4c25)C(C)(C)c2cc4c(cc23)C(C)(C)CCC4(C)C)c(-c2ccccc2)c1. The van der Waals surface area contributed by atoms with Gasteiger partial charge in [-0.15, -0.1) is 0 Å². The summed E-state index contributed by atoms with van der Waals surface area (Å²) < 4.78 is 10.2. The first-order valence-electron chi connectivity index (χ1n) is 24.5. The van der Waals surface area contributed by atoms with Crippen LogP contribution in [0, 0.1) is 0 Å². The van der Waals surface area contributed by atoms with Crippen molar-refractivity contribution >= 4 is 83.9 Å². The predicted octanol–water partition coefficient (Wildman–Crippen LogP) is 16.3. The molecular formula is C63H55BN2O. The van der Waals surface area contributed by atoms with E-state index in [0.29, 0.717) is 0 Å². The van der Waals surface area contributed by atoms with Gasteiger partial charge in [0.1, 0.15) is 5.58 Å². The van der Waals surface area contributed by atoms with Gasteiger partial charge in [-0.05, 0) is 109 Å². The summed E-state index contributed by atoms with van der Waals surface area (Å²) in [5, 5.41) is 7.47. The number of aromatic nitrogens is 1. The summed E-state index contributed by atoms with van der Waals surface area (Å²) in [6, 6.07) is 55.7. The highest BCUT2D eigenvalue weighted by Gasteiger charge is 2.55. The minimum absolute atomic E-state index is 0.0267. The van der Waals surface area contributed by atoms with Crippen molar-refractivity contribution in [2.24, 2.45) is 0 Å². The molecule has 0 saturated carbocycles. The predicted molar refractivity (Wildman–Crippen MR) is 285 cm³/mol. The molecule has 0 saturated heterocycles. The molecule has 0 radical (unpaired) electrons. The van der Waals surface area contributed by atoms with E-state index in [2.05, 4.69) is 217 Å². The molecule has 0 unspecified atom stereocenters. The largest absolute Gasteiger partial charge is 0.454 e. The van der Waals surface area contributed by atoms with Gasteiger partial charge in [0.25, 0.3) is 0 Å². The summed E-state index contributed by atoms with van der Waals surface area (Å²) in [5.74, 6) is 0. The molecule has 8 aromatic carbocycles. The molecular weight excluding hydrogens is 812 g/mol. The Kier molecular flexibility index (Phi) is 7.53. The Labute approximate surface area is 393 Å². The second kappa shape index (κ2) is 12.8. The summed E-state index contributed by atoms with van der Waals surface area (Å²) in [4.78, 5) is 2.71. The Morgan fingerprint density at radius 3 is 2.00 bits per heavy atom. The fraction of sp³-hybridized carbons (Fsp3) is 0.238. The minimum Gasteiger partial charge on any atom is -0.454 e. The van der Waals surface area contributed by atoms with Crippen molar-refractivity contribution in [1.82, 2.24) is 4.48 Å². The molecule has 4 aliphatic rings. The van der Waals surface area contributed by atoms with Gasteiger partial charge in [-0.3, -0.25) is 0 Å². The first-order chi connectivity index (χ1) is 32.1. The average Bonchev–Trinajstić information content (AvgIpc) is 3.95. The average molecular weight is 867 g/mol. The van der Waals surface area contributed by atoms with Crippen LogP contribution in [-0.4, -0.2) is 11.3 Å². The summed E-state index contributed by atoms with van der Waals surface area (Å²) in [6.07, 6.45) is 2.33. The molecule has 2 aromatic heterocycles. The highest BCUT2D eigenvalue weighted by Crippen LogP contribution is 2.61. The smallest absolute Gasteiger partial charge is 0.329 e. The lowest BCUT2D eigenvalue weighted by atomic mass is 9.40. The summed E-state index contributed by atoms with van der Waals surface area (Å²) in [5.41, 5.74) is 22.6. The molecule has 0 bridgehead atoms. The van der Waals surface area contributed by atoms with E-state index in [0.717, 1.165) is 34.0 Å². The number of hydrogen-bond acceptors (Lipinski definition) is 2. The van der Waals surface area contributed by atoms with Crippen LogP contribution in [0.5, 0.6) is 0 Å².